The number of piperidine rings is 1. The van der Waals surface area contributed by atoms with E-state index in [-0.39, 0.29) is 4.90 Å². The number of sulfone groups is 1. The third-order valence-corrected chi connectivity index (χ3v) is 6.68. The largest absolute Gasteiger partial charge is 0.379 e. The van der Waals surface area contributed by atoms with Gasteiger partial charge in [-0.05, 0) is 68.4 Å². The van der Waals surface area contributed by atoms with Crippen molar-refractivity contribution in [3.05, 3.63) is 48.2 Å². The Morgan fingerprint density at radius 2 is 1.73 bits per heavy atom. The van der Waals surface area contributed by atoms with Gasteiger partial charge in [-0.15, -0.1) is 10.2 Å². The highest BCUT2D eigenvalue weighted by Gasteiger charge is 2.20. The molecule has 0 bridgehead atoms. The van der Waals surface area contributed by atoms with E-state index < -0.39 is 9.84 Å². The second-order valence-corrected chi connectivity index (χ2v) is 9.80. The fraction of sp³-hybridized carbons (Fsp3) is 0.318. The molecular weight excluding hydrogens is 398 g/mol. The molecule has 1 N–H and O–H groups in total. The number of hydrogen-bond acceptors (Lipinski definition) is 7. The topological polar surface area (TPSA) is 99.0 Å². The second-order valence-electron chi connectivity index (χ2n) is 7.79. The summed E-state index contributed by atoms with van der Waals surface area (Å²) in [4.78, 5) is 2.59. The average molecular weight is 422 g/mol. The molecule has 2 heterocycles. The Morgan fingerprint density at radius 3 is 2.37 bits per heavy atom. The lowest BCUT2D eigenvalue weighted by Crippen LogP contribution is -2.37. The van der Waals surface area contributed by atoms with E-state index in [0.29, 0.717) is 17.3 Å². The number of hydrogen-bond donors (Lipinski definition) is 1. The van der Waals surface area contributed by atoms with E-state index >= 15 is 0 Å². The van der Waals surface area contributed by atoms with Gasteiger partial charge >= 0.3 is 0 Å². The first-order chi connectivity index (χ1) is 14.3. The van der Waals surface area contributed by atoms with E-state index in [4.69, 9.17) is 0 Å². The lowest BCUT2D eigenvalue weighted by atomic mass is 10.0. The van der Waals surface area contributed by atoms with Crippen LogP contribution in [0, 0.1) is 11.3 Å². The highest BCUT2D eigenvalue weighted by Crippen LogP contribution is 2.30. The van der Waals surface area contributed by atoms with Gasteiger partial charge in [0.25, 0.3) is 0 Å². The first-order valence-electron chi connectivity index (χ1n) is 9.81. The molecule has 1 saturated heterocycles. The van der Waals surface area contributed by atoms with E-state index in [2.05, 4.69) is 33.5 Å². The van der Waals surface area contributed by atoms with Crippen molar-refractivity contribution in [3.63, 3.8) is 0 Å². The maximum Gasteiger partial charge on any atom is 0.186 e. The van der Waals surface area contributed by atoms with Crippen LogP contribution in [0.25, 0.3) is 22.0 Å². The highest BCUT2D eigenvalue weighted by atomic mass is 32.2. The first kappa shape index (κ1) is 20.3. The van der Waals surface area contributed by atoms with Gasteiger partial charge in [-0.3, -0.25) is 0 Å². The number of rotatable bonds is 4. The van der Waals surface area contributed by atoms with Gasteiger partial charge in [0.05, 0.1) is 16.1 Å². The Balaban J connectivity index is 1.69. The van der Waals surface area contributed by atoms with Gasteiger partial charge in [-0.25, -0.2) is 8.42 Å². The maximum atomic E-state index is 11.7. The van der Waals surface area contributed by atoms with Crippen LogP contribution in [0.4, 0.5) is 5.69 Å². The molecule has 0 aliphatic carbocycles. The number of nitrogens with zero attached hydrogens (tertiary/aromatic N) is 4. The second kappa shape index (κ2) is 8.01. The smallest absolute Gasteiger partial charge is 0.186 e. The summed E-state index contributed by atoms with van der Waals surface area (Å²) < 4.78 is 23.4. The number of fused-ring (bicyclic) bond motifs is 1. The van der Waals surface area contributed by atoms with Crippen LogP contribution < -0.4 is 5.32 Å². The maximum absolute atomic E-state index is 11.7. The molecule has 154 valence electrons. The van der Waals surface area contributed by atoms with Gasteiger partial charge in [0.1, 0.15) is 6.07 Å². The minimum atomic E-state index is -3.23. The summed E-state index contributed by atoms with van der Waals surface area (Å²) in [5.74, 6) is 0. The lowest BCUT2D eigenvalue weighted by molar-refractivity contribution is 0.264. The molecule has 3 aromatic rings. The summed E-state index contributed by atoms with van der Waals surface area (Å²) in [7, 11) is -1.12. The van der Waals surface area contributed by atoms with Crippen molar-refractivity contribution in [1.29, 1.82) is 5.26 Å². The van der Waals surface area contributed by atoms with Crippen molar-refractivity contribution in [1.82, 2.24) is 15.1 Å². The number of nitrogens with one attached hydrogen (secondary N) is 1. The number of benzene rings is 2. The fourth-order valence-corrected chi connectivity index (χ4v) is 4.39. The molecular formula is C22H23N5O2S. The quantitative estimate of drug-likeness (QED) is 0.691. The molecule has 30 heavy (non-hydrogen) atoms. The normalized spacial score (nSPS) is 15.8. The summed E-state index contributed by atoms with van der Waals surface area (Å²) in [5.41, 5.74) is 3.52. The van der Waals surface area contributed by atoms with Gasteiger partial charge in [0, 0.05) is 17.7 Å². The minimum Gasteiger partial charge on any atom is -0.379 e. The zero-order valence-electron chi connectivity index (χ0n) is 17.0. The Bertz CT molecular complexity index is 1220. The van der Waals surface area contributed by atoms with Crippen LogP contribution in [-0.4, -0.2) is 55.9 Å². The molecule has 1 aromatic heterocycles. The van der Waals surface area contributed by atoms with E-state index in [1.165, 1.54) is 6.26 Å². The Hall–Kier alpha value is -3.02. The minimum absolute atomic E-state index is 0.287. The van der Waals surface area contributed by atoms with E-state index in [1.807, 2.05) is 18.2 Å². The molecule has 4 rings (SSSR count). The number of likely N-dealkylation sites (tertiary alicyclic amines) is 1. The van der Waals surface area contributed by atoms with Crippen LogP contribution in [0.1, 0.15) is 18.5 Å². The molecule has 7 nitrogen and oxygen atoms in total. The van der Waals surface area contributed by atoms with E-state index in [9.17, 15) is 13.7 Å². The standard InChI is InChI=1S/C22H23N5O2S/c1-27-11-9-17(10-12-27)24-22-19-8-5-16(13-20(19)25-26-21(22)14-23)15-3-6-18(7-4-15)30(2,28)29/h3-8,13,17H,9-12H2,1-2H3,(H,24,25). The van der Waals surface area contributed by atoms with Gasteiger partial charge < -0.3 is 10.2 Å². The molecule has 1 aliphatic heterocycles. The monoisotopic (exact) mass is 421 g/mol. The van der Waals surface area contributed by atoms with Crippen molar-refractivity contribution in [2.45, 2.75) is 23.8 Å². The van der Waals surface area contributed by atoms with Crippen LogP contribution in [0.3, 0.4) is 0 Å². The van der Waals surface area contributed by atoms with E-state index in [0.717, 1.165) is 48.1 Å². The van der Waals surface area contributed by atoms with Crippen molar-refractivity contribution >= 4 is 26.4 Å². The molecule has 2 aromatic carbocycles. The molecule has 1 aliphatic rings. The average Bonchev–Trinajstić information content (AvgIpc) is 2.74. The Labute approximate surface area is 176 Å². The summed E-state index contributed by atoms with van der Waals surface area (Å²) in [6.45, 7) is 2.03. The van der Waals surface area contributed by atoms with E-state index in [1.54, 1.807) is 24.3 Å². The number of nitriles is 1. The molecule has 0 atom stereocenters. The van der Waals surface area contributed by atoms with Gasteiger partial charge in [0.2, 0.25) is 0 Å². The number of anilines is 1. The first-order valence-corrected chi connectivity index (χ1v) is 11.7. The van der Waals surface area contributed by atoms with Crippen LogP contribution in [-0.2, 0) is 9.84 Å². The van der Waals surface area contributed by atoms with Gasteiger partial charge in [-0.1, -0.05) is 18.2 Å². The predicted molar refractivity (Wildman–Crippen MR) is 117 cm³/mol. The zero-order valence-corrected chi connectivity index (χ0v) is 17.8. The highest BCUT2D eigenvalue weighted by molar-refractivity contribution is 7.90. The molecule has 0 saturated carbocycles. The van der Waals surface area contributed by atoms with Crippen LogP contribution in [0.2, 0.25) is 0 Å². The summed E-state index contributed by atoms with van der Waals surface area (Å²) >= 11 is 0. The molecule has 0 radical (unpaired) electrons. The van der Waals surface area contributed by atoms with Crippen molar-refractivity contribution in [3.8, 4) is 17.2 Å². The third kappa shape index (κ3) is 4.13. The zero-order chi connectivity index (χ0) is 21.3. The van der Waals surface area contributed by atoms with Crippen molar-refractivity contribution < 1.29 is 8.42 Å². The van der Waals surface area contributed by atoms with Crippen molar-refractivity contribution in [2.24, 2.45) is 0 Å². The SMILES string of the molecule is CN1CCC(Nc2c(C#N)nnc3cc(-c4ccc(S(C)(=O)=O)cc4)ccc23)CC1. The Morgan fingerprint density at radius 1 is 1.07 bits per heavy atom. The predicted octanol–water partition coefficient (Wildman–Crippen LogP) is 3.08. The summed E-state index contributed by atoms with van der Waals surface area (Å²) in [5, 5.41) is 22.3. The van der Waals surface area contributed by atoms with Crippen molar-refractivity contribution in [2.75, 3.05) is 31.7 Å². The molecule has 8 heteroatoms. The molecule has 1 fully saturated rings. The van der Waals surface area contributed by atoms with Gasteiger partial charge in [0.15, 0.2) is 15.5 Å². The molecule has 0 spiro atoms. The fourth-order valence-electron chi connectivity index (χ4n) is 3.76. The summed E-state index contributed by atoms with van der Waals surface area (Å²) in [6.07, 6.45) is 3.21. The van der Waals surface area contributed by atoms with Gasteiger partial charge in [-0.2, -0.15) is 5.26 Å². The van der Waals surface area contributed by atoms with Crippen LogP contribution >= 0.6 is 0 Å². The number of aromatic nitrogens is 2. The van der Waals surface area contributed by atoms with Crippen LogP contribution in [0.15, 0.2) is 47.4 Å². The molecule has 0 amide bonds. The third-order valence-electron chi connectivity index (χ3n) is 5.55. The summed E-state index contributed by atoms with van der Waals surface area (Å²) in [6, 6.07) is 15.0. The lowest BCUT2D eigenvalue weighted by Gasteiger charge is -2.30. The Kier molecular flexibility index (Phi) is 5.41. The van der Waals surface area contributed by atoms with Crippen LogP contribution in [0.5, 0.6) is 0 Å². The molecule has 0 unspecified atom stereocenters.